The lowest BCUT2D eigenvalue weighted by Crippen LogP contribution is -2.32. The zero-order valence-corrected chi connectivity index (χ0v) is 17.5. The number of nitrogens with one attached hydrogen (secondary N) is 1. The molecule has 5 heteroatoms. The van der Waals surface area contributed by atoms with Gasteiger partial charge in [0, 0.05) is 59.8 Å². The molecule has 1 aliphatic heterocycles. The van der Waals surface area contributed by atoms with Crippen molar-refractivity contribution in [2.24, 2.45) is 0 Å². The first-order chi connectivity index (χ1) is 14.6. The summed E-state index contributed by atoms with van der Waals surface area (Å²) in [7, 11) is 0. The molecule has 0 saturated carbocycles. The van der Waals surface area contributed by atoms with Crippen LogP contribution in [-0.2, 0) is 6.42 Å². The standard InChI is InChI=1S/C25H26N4O/c1-17-6-5-7-22-24(17)21(16-26-22)19-9-13-28(14-10-19)15-11-20-18(2)27-23-8-3-4-12-29(23)25(20)30/h3-9,12,16,26H,10-11,13-15H2,1-2H3. The maximum atomic E-state index is 12.9. The number of H-pyrrole nitrogens is 1. The highest BCUT2D eigenvalue weighted by Gasteiger charge is 2.17. The van der Waals surface area contributed by atoms with Gasteiger partial charge in [0.25, 0.3) is 5.56 Å². The van der Waals surface area contributed by atoms with Gasteiger partial charge in [-0.3, -0.25) is 14.1 Å². The van der Waals surface area contributed by atoms with Crippen LogP contribution >= 0.6 is 0 Å². The molecule has 1 aromatic carbocycles. The molecule has 0 radical (unpaired) electrons. The van der Waals surface area contributed by atoms with Crippen LogP contribution in [0.4, 0.5) is 0 Å². The van der Waals surface area contributed by atoms with Gasteiger partial charge in [0.2, 0.25) is 0 Å². The molecule has 0 aliphatic carbocycles. The molecular formula is C25H26N4O. The van der Waals surface area contributed by atoms with E-state index >= 15 is 0 Å². The number of hydrogen-bond donors (Lipinski definition) is 1. The molecule has 0 amide bonds. The molecule has 0 bridgehead atoms. The molecule has 0 unspecified atom stereocenters. The first kappa shape index (κ1) is 18.8. The quantitative estimate of drug-likeness (QED) is 0.563. The van der Waals surface area contributed by atoms with E-state index in [2.05, 4.69) is 52.3 Å². The van der Waals surface area contributed by atoms with E-state index in [0.717, 1.165) is 43.7 Å². The molecule has 4 heterocycles. The minimum absolute atomic E-state index is 0.0561. The van der Waals surface area contributed by atoms with E-state index in [-0.39, 0.29) is 5.56 Å². The first-order valence-electron chi connectivity index (χ1n) is 10.6. The summed E-state index contributed by atoms with van der Waals surface area (Å²) in [4.78, 5) is 23.3. The number of nitrogens with zero attached hydrogens (tertiary/aromatic N) is 3. The van der Waals surface area contributed by atoms with Gasteiger partial charge in [-0.15, -0.1) is 0 Å². The molecule has 152 valence electrons. The largest absolute Gasteiger partial charge is 0.361 e. The van der Waals surface area contributed by atoms with Crippen LogP contribution in [0, 0.1) is 13.8 Å². The van der Waals surface area contributed by atoms with Gasteiger partial charge in [-0.05, 0) is 56.0 Å². The van der Waals surface area contributed by atoms with Crippen molar-refractivity contribution >= 4 is 22.1 Å². The molecule has 4 aromatic rings. The zero-order chi connectivity index (χ0) is 20.7. The molecule has 3 aromatic heterocycles. The van der Waals surface area contributed by atoms with E-state index < -0.39 is 0 Å². The van der Waals surface area contributed by atoms with Crippen LogP contribution < -0.4 is 5.56 Å². The van der Waals surface area contributed by atoms with Crippen molar-refractivity contribution in [3.8, 4) is 0 Å². The summed E-state index contributed by atoms with van der Waals surface area (Å²) in [5.41, 5.74) is 7.68. The van der Waals surface area contributed by atoms with Crippen LogP contribution in [0.15, 0.2) is 59.7 Å². The Hall–Kier alpha value is -3.18. The summed E-state index contributed by atoms with van der Waals surface area (Å²) < 4.78 is 1.65. The molecule has 1 N–H and O–H groups in total. The van der Waals surface area contributed by atoms with E-state index in [0.29, 0.717) is 5.65 Å². The number of rotatable bonds is 4. The summed E-state index contributed by atoms with van der Waals surface area (Å²) in [5, 5.41) is 1.34. The molecule has 0 fully saturated rings. The van der Waals surface area contributed by atoms with Crippen LogP contribution in [0.3, 0.4) is 0 Å². The van der Waals surface area contributed by atoms with E-state index in [1.807, 2.05) is 25.1 Å². The van der Waals surface area contributed by atoms with E-state index in [9.17, 15) is 4.79 Å². The molecule has 5 rings (SSSR count). The normalized spacial score (nSPS) is 15.1. The Labute approximate surface area is 175 Å². The number of aromatic nitrogens is 3. The molecule has 30 heavy (non-hydrogen) atoms. The van der Waals surface area contributed by atoms with Gasteiger partial charge in [0.15, 0.2) is 0 Å². The van der Waals surface area contributed by atoms with Crippen LogP contribution in [0.1, 0.15) is 28.8 Å². The fraction of sp³-hybridized carbons (Fsp3) is 0.280. The maximum absolute atomic E-state index is 12.9. The van der Waals surface area contributed by atoms with Crippen LogP contribution in [0.25, 0.3) is 22.1 Å². The minimum Gasteiger partial charge on any atom is -0.361 e. The lowest BCUT2D eigenvalue weighted by Gasteiger charge is -2.26. The number of aryl methyl sites for hydroxylation is 2. The second-order valence-corrected chi connectivity index (χ2v) is 8.14. The number of hydrogen-bond acceptors (Lipinski definition) is 3. The van der Waals surface area contributed by atoms with Crippen LogP contribution in [0.5, 0.6) is 0 Å². The Morgan fingerprint density at radius 1 is 1.13 bits per heavy atom. The Morgan fingerprint density at radius 3 is 2.87 bits per heavy atom. The second kappa shape index (κ2) is 7.58. The fourth-order valence-corrected chi connectivity index (χ4v) is 4.57. The Morgan fingerprint density at radius 2 is 2.03 bits per heavy atom. The summed E-state index contributed by atoms with van der Waals surface area (Å²) in [6.07, 6.45) is 8.04. The van der Waals surface area contributed by atoms with Crippen molar-refractivity contribution in [2.45, 2.75) is 26.7 Å². The van der Waals surface area contributed by atoms with Crippen LogP contribution in [-0.4, -0.2) is 38.9 Å². The second-order valence-electron chi connectivity index (χ2n) is 8.14. The molecule has 0 spiro atoms. The SMILES string of the molecule is Cc1nc2ccccn2c(=O)c1CCN1CC=C(c2c[nH]c3cccc(C)c23)CC1. The maximum Gasteiger partial charge on any atom is 0.261 e. The highest BCUT2D eigenvalue weighted by atomic mass is 16.1. The first-order valence-corrected chi connectivity index (χ1v) is 10.6. The summed E-state index contributed by atoms with van der Waals surface area (Å²) in [6, 6.07) is 12.1. The lowest BCUT2D eigenvalue weighted by molar-refractivity contribution is 0.305. The van der Waals surface area contributed by atoms with Gasteiger partial charge in [-0.25, -0.2) is 4.98 Å². The van der Waals surface area contributed by atoms with Gasteiger partial charge in [0.1, 0.15) is 5.65 Å². The predicted molar refractivity (Wildman–Crippen MR) is 122 cm³/mol. The van der Waals surface area contributed by atoms with Crippen molar-refractivity contribution in [3.63, 3.8) is 0 Å². The minimum atomic E-state index is 0.0561. The van der Waals surface area contributed by atoms with Crippen molar-refractivity contribution in [1.29, 1.82) is 0 Å². The zero-order valence-electron chi connectivity index (χ0n) is 17.5. The van der Waals surface area contributed by atoms with Crippen LogP contribution in [0.2, 0.25) is 0 Å². The van der Waals surface area contributed by atoms with E-state index in [1.54, 1.807) is 10.6 Å². The number of aromatic amines is 1. The lowest BCUT2D eigenvalue weighted by atomic mass is 9.96. The summed E-state index contributed by atoms with van der Waals surface area (Å²) >= 11 is 0. The molecule has 1 aliphatic rings. The van der Waals surface area contributed by atoms with Gasteiger partial charge in [0.05, 0.1) is 0 Å². The number of fused-ring (bicyclic) bond motifs is 2. The monoisotopic (exact) mass is 398 g/mol. The van der Waals surface area contributed by atoms with Gasteiger partial charge >= 0.3 is 0 Å². The third-order valence-electron chi connectivity index (χ3n) is 6.27. The number of pyridine rings is 1. The number of benzene rings is 1. The molecule has 0 atom stereocenters. The topological polar surface area (TPSA) is 53.4 Å². The highest BCUT2D eigenvalue weighted by molar-refractivity contribution is 5.95. The highest BCUT2D eigenvalue weighted by Crippen LogP contribution is 2.31. The third kappa shape index (κ3) is 3.25. The Kier molecular flexibility index (Phi) is 4.75. The molecule has 5 nitrogen and oxygen atoms in total. The fourth-order valence-electron chi connectivity index (χ4n) is 4.57. The van der Waals surface area contributed by atoms with Gasteiger partial charge in [-0.1, -0.05) is 24.3 Å². The summed E-state index contributed by atoms with van der Waals surface area (Å²) in [5.74, 6) is 0. The van der Waals surface area contributed by atoms with Gasteiger partial charge in [-0.2, -0.15) is 0 Å². The predicted octanol–water partition coefficient (Wildman–Crippen LogP) is 4.12. The molecule has 0 saturated heterocycles. The van der Waals surface area contributed by atoms with E-state index in [4.69, 9.17) is 0 Å². The Bertz CT molecular complexity index is 1330. The van der Waals surface area contributed by atoms with Crippen molar-refractivity contribution in [3.05, 3.63) is 87.6 Å². The average Bonchev–Trinajstić information content (AvgIpc) is 3.20. The van der Waals surface area contributed by atoms with Crippen molar-refractivity contribution in [2.75, 3.05) is 19.6 Å². The Balaban J connectivity index is 1.33. The average molecular weight is 399 g/mol. The van der Waals surface area contributed by atoms with Gasteiger partial charge < -0.3 is 4.98 Å². The van der Waals surface area contributed by atoms with Crippen molar-refractivity contribution in [1.82, 2.24) is 19.3 Å². The summed E-state index contributed by atoms with van der Waals surface area (Å²) in [6.45, 7) is 6.90. The molecular weight excluding hydrogens is 372 g/mol. The third-order valence-corrected chi connectivity index (χ3v) is 6.27. The van der Waals surface area contributed by atoms with Crippen molar-refractivity contribution < 1.29 is 0 Å². The van der Waals surface area contributed by atoms with E-state index in [1.165, 1.54) is 27.6 Å². The smallest absolute Gasteiger partial charge is 0.261 e.